The van der Waals surface area contributed by atoms with Crippen molar-refractivity contribution in [1.29, 1.82) is 0 Å². The second-order valence-corrected chi connectivity index (χ2v) is 4.49. The Morgan fingerprint density at radius 1 is 1.00 bits per heavy atom. The lowest BCUT2D eigenvalue weighted by Gasteiger charge is -2.24. The van der Waals surface area contributed by atoms with Crippen LogP contribution in [0.4, 0.5) is 0 Å². The molecule has 0 fully saturated rings. The molecule has 0 bridgehead atoms. The van der Waals surface area contributed by atoms with E-state index in [1.54, 1.807) is 55.5 Å². The second kappa shape index (κ2) is 6.33. The van der Waals surface area contributed by atoms with E-state index in [-0.39, 0.29) is 17.7 Å². The van der Waals surface area contributed by atoms with Crippen molar-refractivity contribution in [1.82, 2.24) is 0 Å². The largest absolute Gasteiger partial charge is 0.463 e. The predicted octanol–water partition coefficient (Wildman–Crippen LogP) is 2.32. The van der Waals surface area contributed by atoms with Crippen molar-refractivity contribution in [3.05, 3.63) is 71.8 Å². The first kappa shape index (κ1) is 14.9. The average molecular weight is 284 g/mol. The minimum atomic E-state index is -2.33. The standard InChI is InChI=1S/C17H16O4/c1-2-21-16(19)17(20,14-11-7-4-8-12-14)15(18)13-9-5-3-6-10-13/h3-12,20H,2H2,1H3. The normalized spacial score (nSPS) is 13.2. The van der Waals surface area contributed by atoms with Gasteiger partial charge in [0.05, 0.1) is 6.61 Å². The summed E-state index contributed by atoms with van der Waals surface area (Å²) in [5.74, 6) is -1.67. The molecule has 0 aliphatic carbocycles. The number of benzene rings is 2. The Labute approximate surface area is 123 Å². The van der Waals surface area contributed by atoms with E-state index in [4.69, 9.17) is 4.74 Å². The maximum atomic E-state index is 12.6. The zero-order valence-corrected chi connectivity index (χ0v) is 11.7. The van der Waals surface area contributed by atoms with Crippen LogP contribution in [0, 0.1) is 0 Å². The molecule has 4 heteroatoms. The van der Waals surface area contributed by atoms with Crippen molar-refractivity contribution in [2.45, 2.75) is 12.5 Å². The predicted molar refractivity (Wildman–Crippen MR) is 77.7 cm³/mol. The summed E-state index contributed by atoms with van der Waals surface area (Å²) in [7, 11) is 0. The number of Topliss-reactive ketones (excluding diaryl/α,β-unsaturated/α-hetero) is 1. The third-order valence-corrected chi connectivity index (χ3v) is 3.13. The summed E-state index contributed by atoms with van der Waals surface area (Å²) in [6, 6.07) is 16.3. The lowest BCUT2D eigenvalue weighted by atomic mass is 9.86. The number of carbonyl (C=O) groups excluding carboxylic acids is 2. The van der Waals surface area contributed by atoms with Crippen LogP contribution >= 0.6 is 0 Å². The third-order valence-electron chi connectivity index (χ3n) is 3.13. The van der Waals surface area contributed by atoms with Crippen LogP contribution in [-0.4, -0.2) is 23.5 Å². The van der Waals surface area contributed by atoms with Crippen molar-refractivity contribution < 1.29 is 19.4 Å². The minimum Gasteiger partial charge on any atom is -0.463 e. The topological polar surface area (TPSA) is 63.6 Å². The molecule has 108 valence electrons. The van der Waals surface area contributed by atoms with Crippen LogP contribution in [-0.2, 0) is 15.1 Å². The van der Waals surface area contributed by atoms with Gasteiger partial charge in [0.1, 0.15) is 0 Å². The van der Waals surface area contributed by atoms with E-state index in [2.05, 4.69) is 0 Å². The van der Waals surface area contributed by atoms with Crippen LogP contribution in [0.5, 0.6) is 0 Å². The molecule has 0 saturated heterocycles. The fourth-order valence-corrected chi connectivity index (χ4v) is 2.05. The van der Waals surface area contributed by atoms with Crippen LogP contribution in [0.25, 0.3) is 0 Å². The fourth-order valence-electron chi connectivity index (χ4n) is 2.05. The Bertz CT molecular complexity index is 622. The molecule has 1 atom stereocenters. The molecule has 1 unspecified atom stereocenters. The number of hydrogen-bond donors (Lipinski definition) is 1. The van der Waals surface area contributed by atoms with E-state index in [1.165, 1.54) is 12.1 Å². The van der Waals surface area contributed by atoms with Crippen LogP contribution in [0.3, 0.4) is 0 Å². The molecule has 0 radical (unpaired) electrons. The van der Waals surface area contributed by atoms with E-state index >= 15 is 0 Å². The molecule has 0 amide bonds. The second-order valence-electron chi connectivity index (χ2n) is 4.49. The molecule has 21 heavy (non-hydrogen) atoms. The summed E-state index contributed by atoms with van der Waals surface area (Å²) in [5.41, 5.74) is -1.90. The molecular weight excluding hydrogens is 268 g/mol. The first-order chi connectivity index (χ1) is 10.1. The molecule has 0 aliphatic rings. The SMILES string of the molecule is CCOC(=O)C(O)(C(=O)c1ccccc1)c1ccccc1. The number of hydrogen-bond acceptors (Lipinski definition) is 4. The zero-order chi connectivity index (χ0) is 15.3. The van der Waals surface area contributed by atoms with Gasteiger partial charge in [0, 0.05) is 11.1 Å². The molecule has 0 aromatic heterocycles. The Morgan fingerprint density at radius 2 is 1.52 bits per heavy atom. The van der Waals surface area contributed by atoms with Gasteiger partial charge in [-0.2, -0.15) is 0 Å². The number of rotatable bonds is 5. The summed E-state index contributed by atoms with van der Waals surface area (Å²) >= 11 is 0. The van der Waals surface area contributed by atoms with E-state index in [0.29, 0.717) is 0 Å². The van der Waals surface area contributed by atoms with Gasteiger partial charge in [-0.1, -0.05) is 60.7 Å². The van der Waals surface area contributed by atoms with Crippen molar-refractivity contribution in [2.75, 3.05) is 6.61 Å². The number of aliphatic hydroxyl groups is 1. The van der Waals surface area contributed by atoms with Gasteiger partial charge in [0.25, 0.3) is 5.60 Å². The van der Waals surface area contributed by atoms with Gasteiger partial charge in [-0.15, -0.1) is 0 Å². The van der Waals surface area contributed by atoms with Crippen LogP contribution < -0.4 is 0 Å². The van der Waals surface area contributed by atoms with Gasteiger partial charge < -0.3 is 9.84 Å². The fraction of sp³-hybridized carbons (Fsp3) is 0.176. The highest BCUT2D eigenvalue weighted by molar-refractivity contribution is 6.15. The molecule has 0 spiro atoms. The molecule has 2 aromatic carbocycles. The Balaban J connectivity index is 2.51. The highest BCUT2D eigenvalue weighted by Gasteiger charge is 2.47. The van der Waals surface area contributed by atoms with Crippen molar-refractivity contribution >= 4 is 11.8 Å². The highest BCUT2D eigenvalue weighted by Crippen LogP contribution is 2.27. The third kappa shape index (κ3) is 2.85. The highest BCUT2D eigenvalue weighted by atomic mass is 16.5. The van der Waals surface area contributed by atoms with Crippen LogP contribution in [0.1, 0.15) is 22.8 Å². The van der Waals surface area contributed by atoms with E-state index in [9.17, 15) is 14.7 Å². The molecular formula is C17H16O4. The van der Waals surface area contributed by atoms with Gasteiger partial charge >= 0.3 is 5.97 Å². The molecule has 0 heterocycles. The number of carbonyl (C=O) groups is 2. The Morgan fingerprint density at radius 3 is 2.05 bits per heavy atom. The van der Waals surface area contributed by atoms with E-state index in [1.807, 2.05) is 0 Å². The van der Waals surface area contributed by atoms with Crippen LogP contribution in [0.2, 0.25) is 0 Å². The molecule has 0 saturated carbocycles. The summed E-state index contributed by atoms with van der Waals surface area (Å²) < 4.78 is 4.89. The number of ether oxygens (including phenoxy) is 1. The zero-order valence-electron chi connectivity index (χ0n) is 11.7. The van der Waals surface area contributed by atoms with Gasteiger partial charge in [0.15, 0.2) is 0 Å². The van der Waals surface area contributed by atoms with E-state index in [0.717, 1.165) is 0 Å². The van der Waals surface area contributed by atoms with Crippen molar-refractivity contribution in [2.24, 2.45) is 0 Å². The monoisotopic (exact) mass is 284 g/mol. The summed E-state index contributed by atoms with van der Waals surface area (Å²) in [6.07, 6.45) is 0. The first-order valence-corrected chi connectivity index (χ1v) is 6.65. The summed E-state index contributed by atoms with van der Waals surface area (Å²) in [4.78, 5) is 24.8. The molecule has 1 N–H and O–H groups in total. The van der Waals surface area contributed by atoms with Gasteiger partial charge in [-0.3, -0.25) is 4.79 Å². The molecule has 2 aromatic rings. The Hall–Kier alpha value is -2.46. The van der Waals surface area contributed by atoms with E-state index < -0.39 is 17.4 Å². The lowest BCUT2D eigenvalue weighted by Crippen LogP contribution is -2.45. The lowest BCUT2D eigenvalue weighted by molar-refractivity contribution is -0.160. The number of ketones is 1. The van der Waals surface area contributed by atoms with Gasteiger partial charge in [-0.25, -0.2) is 4.79 Å². The summed E-state index contributed by atoms with van der Waals surface area (Å²) in [5, 5.41) is 10.8. The summed E-state index contributed by atoms with van der Waals surface area (Å²) in [6.45, 7) is 1.70. The maximum Gasteiger partial charge on any atom is 0.351 e. The van der Waals surface area contributed by atoms with Crippen molar-refractivity contribution in [3.63, 3.8) is 0 Å². The van der Waals surface area contributed by atoms with Gasteiger partial charge in [-0.05, 0) is 6.92 Å². The maximum absolute atomic E-state index is 12.6. The quantitative estimate of drug-likeness (QED) is 0.520. The smallest absolute Gasteiger partial charge is 0.351 e. The van der Waals surface area contributed by atoms with Crippen LogP contribution in [0.15, 0.2) is 60.7 Å². The molecule has 0 aliphatic heterocycles. The number of esters is 1. The first-order valence-electron chi connectivity index (χ1n) is 6.65. The molecule has 4 nitrogen and oxygen atoms in total. The molecule has 2 rings (SSSR count). The Kier molecular flexibility index (Phi) is 4.50. The average Bonchev–Trinajstić information content (AvgIpc) is 2.55. The van der Waals surface area contributed by atoms with Crippen molar-refractivity contribution in [3.8, 4) is 0 Å². The van der Waals surface area contributed by atoms with Gasteiger partial charge in [0.2, 0.25) is 5.78 Å². The minimum absolute atomic E-state index is 0.0794.